The van der Waals surface area contributed by atoms with Gasteiger partial charge in [0.25, 0.3) is 5.91 Å². The Morgan fingerprint density at radius 3 is 2.32 bits per heavy atom. The third-order valence-electron chi connectivity index (χ3n) is 6.61. The fourth-order valence-electron chi connectivity index (χ4n) is 4.71. The molecule has 1 aromatic rings. The van der Waals surface area contributed by atoms with Crippen molar-refractivity contribution >= 4 is 5.91 Å². The molecular weight excluding hydrogens is 352 g/mol. The highest BCUT2D eigenvalue weighted by Gasteiger charge is 2.44. The summed E-state index contributed by atoms with van der Waals surface area (Å²) in [6.07, 6.45) is 4.52. The largest absolute Gasteiger partial charge is 0.396 e. The lowest BCUT2D eigenvalue weighted by molar-refractivity contribution is -0.160. The first kappa shape index (κ1) is 21.3. The Morgan fingerprint density at radius 2 is 1.79 bits per heavy atom. The Labute approximate surface area is 169 Å². The Bertz CT molecular complexity index is 663. The molecule has 1 aliphatic heterocycles. The highest BCUT2D eigenvalue weighted by atomic mass is 16.3. The third kappa shape index (κ3) is 4.58. The third-order valence-corrected chi connectivity index (χ3v) is 6.61. The quantitative estimate of drug-likeness (QED) is 0.719. The van der Waals surface area contributed by atoms with Gasteiger partial charge in [0.05, 0.1) is 0 Å². The Kier molecular flexibility index (Phi) is 6.47. The van der Waals surface area contributed by atoms with Gasteiger partial charge in [0.15, 0.2) is 5.60 Å². The minimum Gasteiger partial charge on any atom is -0.396 e. The van der Waals surface area contributed by atoms with E-state index in [0.29, 0.717) is 32.0 Å². The maximum atomic E-state index is 13.1. The van der Waals surface area contributed by atoms with Crippen molar-refractivity contribution in [3.8, 4) is 0 Å². The molecule has 5 heteroatoms. The maximum Gasteiger partial charge on any atom is 0.256 e. The average molecular weight is 389 g/mol. The topological polar surface area (TPSA) is 64.0 Å². The van der Waals surface area contributed by atoms with Gasteiger partial charge in [-0.3, -0.25) is 4.79 Å². The number of amides is 1. The summed E-state index contributed by atoms with van der Waals surface area (Å²) in [5.41, 5.74) is 1.02. The first-order chi connectivity index (χ1) is 13.3. The van der Waals surface area contributed by atoms with Crippen molar-refractivity contribution < 1.29 is 15.0 Å². The number of likely N-dealkylation sites (tertiary alicyclic amines) is 1. The van der Waals surface area contributed by atoms with Crippen molar-refractivity contribution in [2.45, 2.75) is 64.0 Å². The van der Waals surface area contributed by atoms with Crippen LogP contribution in [0.5, 0.6) is 0 Å². The second-order valence-electron chi connectivity index (χ2n) is 9.44. The molecule has 0 spiro atoms. The van der Waals surface area contributed by atoms with Gasteiger partial charge < -0.3 is 20.0 Å². The average Bonchev–Trinajstić information content (AvgIpc) is 2.62. The molecule has 1 aliphatic carbocycles. The van der Waals surface area contributed by atoms with E-state index >= 15 is 0 Å². The van der Waals surface area contributed by atoms with E-state index in [1.54, 1.807) is 4.90 Å². The summed E-state index contributed by atoms with van der Waals surface area (Å²) < 4.78 is 0. The zero-order valence-corrected chi connectivity index (χ0v) is 17.7. The highest BCUT2D eigenvalue weighted by Crippen LogP contribution is 2.41. The molecular formula is C23H36N2O3. The molecule has 0 bridgehead atoms. The summed E-state index contributed by atoms with van der Waals surface area (Å²) in [6.45, 7) is 6.82. The molecule has 0 radical (unpaired) electrons. The van der Waals surface area contributed by atoms with E-state index in [2.05, 4.69) is 38.1 Å². The first-order valence-electron chi connectivity index (χ1n) is 10.7. The predicted molar refractivity (Wildman–Crippen MR) is 111 cm³/mol. The van der Waals surface area contributed by atoms with Crippen molar-refractivity contribution in [3.05, 3.63) is 35.4 Å². The number of aliphatic hydroxyl groups excluding tert-OH is 1. The Balaban J connectivity index is 1.62. The molecule has 1 saturated heterocycles. The molecule has 2 fully saturated rings. The van der Waals surface area contributed by atoms with Crippen LogP contribution in [0.25, 0.3) is 0 Å². The van der Waals surface area contributed by atoms with Crippen LogP contribution in [0.1, 0.15) is 63.0 Å². The number of nitrogens with zero attached hydrogens (tertiary/aromatic N) is 2. The molecule has 1 saturated carbocycles. The number of rotatable bonds is 8. The summed E-state index contributed by atoms with van der Waals surface area (Å²) in [6, 6.07) is 8.43. The molecule has 2 N–H and O–H groups in total. The number of hydrogen-bond acceptors (Lipinski definition) is 4. The molecule has 3 rings (SSSR count). The van der Waals surface area contributed by atoms with E-state index in [1.807, 2.05) is 11.9 Å². The van der Waals surface area contributed by atoms with E-state index in [-0.39, 0.29) is 17.9 Å². The van der Waals surface area contributed by atoms with Crippen LogP contribution in [0.4, 0.5) is 0 Å². The van der Waals surface area contributed by atoms with E-state index in [1.165, 1.54) is 5.56 Å². The number of aliphatic hydroxyl groups is 2. The second-order valence-corrected chi connectivity index (χ2v) is 9.44. The molecule has 1 amide bonds. The second kappa shape index (κ2) is 8.52. The molecule has 1 atom stereocenters. The van der Waals surface area contributed by atoms with Crippen LogP contribution in [0.2, 0.25) is 0 Å². The van der Waals surface area contributed by atoms with Gasteiger partial charge >= 0.3 is 0 Å². The van der Waals surface area contributed by atoms with Crippen LogP contribution in [0.3, 0.4) is 0 Å². The summed E-state index contributed by atoms with van der Waals surface area (Å²) in [5, 5.41) is 20.8. The van der Waals surface area contributed by atoms with Crippen LogP contribution in [0, 0.1) is 5.41 Å². The predicted octanol–water partition coefficient (Wildman–Crippen LogP) is 2.76. The number of piperidine rings is 1. The lowest BCUT2D eigenvalue weighted by atomic mass is 9.69. The zero-order valence-electron chi connectivity index (χ0n) is 17.7. The van der Waals surface area contributed by atoms with Crippen LogP contribution in [-0.2, 0) is 11.3 Å². The lowest BCUT2D eigenvalue weighted by Crippen LogP contribution is -2.59. The van der Waals surface area contributed by atoms with Gasteiger partial charge in [-0.25, -0.2) is 0 Å². The molecule has 28 heavy (non-hydrogen) atoms. The molecule has 156 valence electrons. The van der Waals surface area contributed by atoms with Crippen LogP contribution in [0.15, 0.2) is 24.3 Å². The summed E-state index contributed by atoms with van der Waals surface area (Å²) in [4.78, 5) is 16.9. The molecule has 0 unspecified atom stereocenters. The van der Waals surface area contributed by atoms with Gasteiger partial charge in [0, 0.05) is 38.2 Å². The molecule has 0 aromatic heterocycles. The van der Waals surface area contributed by atoms with Crippen molar-refractivity contribution in [2.24, 2.45) is 5.41 Å². The Hall–Kier alpha value is -1.43. The van der Waals surface area contributed by atoms with E-state index in [9.17, 15) is 15.0 Å². The van der Waals surface area contributed by atoms with Crippen molar-refractivity contribution in [2.75, 3.05) is 33.3 Å². The van der Waals surface area contributed by atoms with Gasteiger partial charge in [-0.15, -0.1) is 0 Å². The van der Waals surface area contributed by atoms with E-state index < -0.39 is 5.60 Å². The lowest BCUT2D eigenvalue weighted by Gasteiger charge is -2.45. The first-order valence-corrected chi connectivity index (χ1v) is 10.7. The van der Waals surface area contributed by atoms with Gasteiger partial charge in [0.1, 0.15) is 0 Å². The van der Waals surface area contributed by atoms with Crippen LogP contribution in [-0.4, -0.2) is 64.8 Å². The molecule has 1 aromatic carbocycles. The van der Waals surface area contributed by atoms with Gasteiger partial charge in [-0.05, 0) is 49.8 Å². The minimum atomic E-state index is -1.33. The molecule has 2 aliphatic rings. The zero-order chi connectivity index (χ0) is 20.4. The van der Waals surface area contributed by atoms with Crippen LogP contribution >= 0.6 is 0 Å². The normalized spacial score (nSPS) is 24.7. The van der Waals surface area contributed by atoms with Crippen molar-refractivity contribution in [3.63, 3.8) is 0 Å². The van der Waals surface area contributed by atoms with Gasteiger partial charge in [-0.1, -0.05) is 44.5 Å². The van der Waals surface area contributed by atoms with Crippen LogP contribution < -0.4 is 0 Å². The molecule has 1 heterocycles. The summed E-state index contributed by atoms with van der Waals surface area (Å²) >= 11 is 0. The smallest absolute Gasteiger partial charge is 0.256 e. The standard InChI is InChI=1S/C23H36N2O3/c1-18(2)20-8-6-19(7-9-20)14-25-13-5-12-23(28,21(25)27)16-24(3)15-22(17-26)10-4-11-22/h6-9,18,26,28H,4-5,10-17H2,1-3H3/t23-/m0/s1. The van der Waals surface area contributed by atoms with Crippen molar-refractivity contribution in [1.29, 1.82) is 0 Å². The maximum absolute atomic E-state index is 13.1. The highest BCUT2D eigenvalue weighted by molar-refractivity contribution is 5.86. The monoisotopic (exact) mass is 388 g/mol. The van der Waals surface area contributed by atoms with E-state index in [0.717, 1.165) is 37.8 Å². The molecule has 5 nitrogen and oxygen atoms in total. The minimum absolute atomic E-state index is 0.0410. The fourth-order valence-corrected chi connectivity index (χ4v) is 4.71. The van der Waals surface area contributed by atoms with Crippen molar-refractivity contribution in [1.82, 2.24) is 9.80 Å². The SMILES string of the molecule is CC(C)c1ccc(CN2CCC[C@](O)(CN(C)CC3(CO)CCC3)C2=O)cc1. The van der Waals surface area contributed by atoms with Gasteiger partial charge in [0.2, 0.25) is 0 Å². The Morgan fingerprint density at radius 1 is 1.11 bits per heavy atom. The summed E-state index contributed by atoms with van der Waals surface area (Å²) in [7, 11) is 1.95. The number of carbonyl (C=O) groups excluding carboxylic acids is 1. The van der Waals surface area contributed by atoms with E-state index in [4.69, 9.17) is 0 Å². The summed E-state index contributed by atoms with van der Waals surface area (Å²) in [5.74, 6) is 0.328. The fraction of sp³-hybridized carbons (Fsp3) is 0.696. The van der Waals surface area contributed by atoms with Gasteiger partial charge in [-0.2, -0.15) is 0 Å². The number of carbonyl (C=O) groups is 1. The number of hydrogen-bond donors (Lipinski definition) is 2. The number of likely N-dealkylation sites (N-methyl/N-ethyl adjacent to an activating group) is 1. The number of benzene rings is 1.